The van der Waals surface area contributed by atoms with Crippen LogP contribution in [-0.2, 0) is 6.54 Å². The van der Waals surface area contributed by atoms with Crippen molar-refractivity contribution in [3.8, 4) is 11.5 Å². The fourth-order valence-corrected chi connectivity index (χ4v) is 4.09. The zero-order chi connectivity index (χ0) is 25.4. The number of hydrogen-bond donors (Lipinski definition) is 2. The molecule has 0 fully saturated rings. The molecule has 3 N–H and O–H groups in total. The van der Waals surface area contributed by atoms with Gasteiger partial charge in [0.05, 0.1) is 7.11 Å². The van der Waals surface area contributed by atoms with Gasteiger partial charge in [0.2, 0.25) is 0 Å². The second kappa shape index (κ2) is 22.4. The molecule has 1 aromatic rings. The van der Waals surface area contributed by atoms with Crippen LogP contribution in [0.4, 0.5) is 4.79 Å². The van der Waals surface area contributed by atoms with Gasteiger partial charge in [-0.15, -0.1) is 0 Å². The second-order valence-corrected chi connectivity index (χ2v) is 9.33. The van der Waals surface area contributed by atoms with Crippen molar-refractivity contribution in [3.05, 3.63) is 23.8 Å². The Morgan fingerprint density at radius 3 is 2.00 bits per heavy atom. The van der Waals surface area contributed by atoms with Crippen molar-refractivity contribution < 1.29 is 14.3 Å². The number of nitrogens with zero attached hydrogens (tertiary/aromatic N) is 1. The Kier molecular flexibility index (Phi) is 19.8. The Balaban J connectivity index is 1.98. The topological polar surface area (TPSA) is 85.9 Å². The number of nitrogens with one attached hydrogen (secondary N) is 1. The number of aliphatic imine (C=N–C) groups is 1. The molecule has 0 radical (unpaired) electrons. The van der Waals surface area contributed by atoms with Gasteiger partial charge in [-0.25, -0.2) is 9.79 Å². The smallest absolute Gasteiger partial charge is 0.340 e. The summed E-state index contributed by atoms with van der Waals surface area (Å²) in [6.07, 6.45) is 22.9. The molecule has 0 atom stereocenters. The Morgan fingerprint density at radius 2 is 1.46 bits per heavy atom. The third kappa shape index (κ3) is 17.1. The van der Waals surface area contributed by atoms with E-state index < -0.39 is 0 Å². The van der Waals surface area contributed by atoms with Gasteiger partial charge in [-0.1, -0.05) is 103 Å². The van der Waals surface area contributed by atoms with Crippen LogP contribution >= 0.6 is 0 Å². The second-order valence-electron chi connectivity index (χ2n) is 9.33. The third-order valence-corrected chi connectivity index (χ3v) is 6.19. The van der Waals surface area contributed by atoms with Crippen LogP contribution in [0, 0.1) is 0 Å². The first kappa shape index (κ1) is 31.0. The quantitative estimate of drug-likeness (QED) is 0.130. The highest BCUT2D eigenvalue weighted by molar-refractivity contribution is 5.83. The van der Waals surface area contributed by atoms with Crippen molar-refractivity contribution in [2.75, 3.05) is 20.3 Å². The molecule has 0 aromatic heterocycles. The summed E-state index contributed by atoms with van der Waals surface area (Å²) < 4.78 is 10.9. The largest absolute Gasteiger partial charge is 0.493 e. The minimum Gasteiger partial charge on any atom is -0.493 e. The van der Waals surface area contributed by atoms with Crippen LogP contribution in [0.25, 0.3) is 0 Å². The minimum absolute atomic E-state index is 0.312. The van der Waals surface area contributed by atoms with E-state index in [0.717, 1.165) is 18.4 Å². The van der Waals surface area contributed by atoms with Crippen molar-refractivity contribution in [1.29, 1.82) is 0 Å². The highest BCUT2D eigenvalue weighted by atomic mass is 16.5. The average molecular weight is 490 g/mol. The summed E-state index contributed by atoms with van der Waals surface area (Å²) in [5.74, 6) is 1.27. The van der Waals surface area contributed by atoms with Crippen LogP contribution in [0.3, 0.4) is 0 Å². The van der Waals surface area contributed by atoms with Gasteiger partial charge in [0.15, 0.2) is 11.5 Å². The van der Waals surface area contributed by atoms with Crippen molar-refractivity contribution >= 4 is 12.2 Å². The van der Waals surface area contributed by atoms with E-state index in [4.69, 9.17) is 15.2 Å². The number of benzene rings is 1. The lowest BCUT2D eigenvalue weighted by molar-refractivity contribution is 0.249. The number of carbonyl (C=O) groups excluding carboxylic acids is 1. The molecular weight excluding hydrogens is 438 g/mol. The van der Waals surface area contributed by atoms with Gasteiger partial charge in [-0.05, 0) is 30.5 Å². The zero-order valence-electron chi connectivity index (χ0n) is 22.5. The average Bonchev–Trinajstić information content (AvgIpc) is 2.88. The third-order valence-electron chi connectivity index (χ3n) is 6.19. The molecule has 200 valence electrons. The van der Waals surface area contributed by atoms with Crippen molar-refractivity contribution in [1.82, 2.24) is 5.32 Å². The molecule has 0 spiro atoms. The highest BCUT2D eigenvalue weighted by Gasteiger charge is 2.06. The zero-order valence-corrected chi connectivity index (χ0v) is 22.5. The summed E-state index contributed by atoms with van der Waals surface area (Å²) in [5, 5.41) is 2.81. The maximum atomic E-state index is 12.0. The lowest BCUT2D eigenvalue weighted by atomic mass is 10.0. The molecule has 6 heteroatoms. The molecule has 0 saturated heterocycles. The van der Waals surface area contributed by atoms with Gasteiger partial charge in [0, 0.05) is 19.3 Å². The van der Waals surface area contributed by atoms with Crippen molar-refractivity contribution in [3.63, 3.8) is 0 Å². The number of hydrogen-bond acceptors (Lipinski definition) is 4. The maximum absolute atomic E-state index is 12.0. The van der Waals surface area contributed by atoms with Gasteiger partial charge in [-0.2, -0.15) is 0 Å². The number of rotatable bonds is 22. The molecule has 0 unspecified atom stereocenters. The molecule has 35 heavy (non-hydrogen) atoms. The summed E-state index contributed by atoms with van der Waals surface area (Å²) in [5.41, 5.74) is 6.40. The highest BCUT2D eigenvalue weighted by Crippen LogP contribution is 2.28. The van der Waals surface area contributed by atoms with Crippen LogP contribution < -0.4 is 20.5 Å². The van der Waals surface area contributed by atoms with Crippen LogP contribution in [0.2, 0.25) is 0 Å². The Bertz CT molecular complexity index is 679. The van der Waals surface area contributed by atoms with E-state index in [9.17, 15) is 4.79 Å². The van der Waals surface area contributed by atoms with E-state index in [0.29, 0.717) is 31.2 Å². The molecule has 1 rings (SSSR count). The fourth-order valence-electron chi connectivity index (χ4n) is 4.09. The molecule has 0 saturated carbocycles. The number of urea groups is 1. The predicted molar refractivity (Wildman–Crippen MR) is 148 cm³/mol. The Morgan fingerprint density at radius 1 is 0.886 bits per heavy atom. The monoisotopic (exact) mass is 489 g/mol. The SMILES string of the molecule is CCCCCCCCCCCCCCCCCC=NC(=O)NCc1ccc(OCCN)c(OC)c1. The number of amides is 2. The lowest BCUT2D eigenvalue weighted by Crippen LogP contribution is -2.19. The summed E-state index contributed by atoms with van der Waals surface area (Å²) in [6, 6.07) is 5.27. The number of unbranched alkanes of at least 4 members (excludes halogenated alkanes) is 15. The molecule has 2 amide bonds. The lowest BCUT2D eigenvalue weighted by Gasteiger charge is -2.11. The number of nitrogens with two attached hydrogens (primary N) is 1. The van der Waals surface area contributed by atoms with E-state index in [-0.39, 0.29) is 6.03 Å². The normalized spacial score (nSPS) is 11.2. The Labute approximate surface area is 214 Å². The molecule has 0 heterocycles. The predicted octanol–water partition coefficient (Wildman–Crippen LogP) is 7.57. The van der Waals surface area contributed by atoms with E-state index in [1.165, 1.54) is 89.9 Å². The van der Waals surface area contributed by atoms with Gasteiger partial charge in [0.1, 0.15) is 6.61 Å². The van der Waals surface area contributed by atoms with E-state index in [1.54, 1.807) is 13.3 Å². The molecular formula is C29H51N3O3. The molecule has 0 aliphatic carbocycles. The molecule has 6 nitrogen and oxygen atoms in total. The molecule has 1 aromatic carbocycles. The number of ether oxygens (including phenoxy) is 2. The van der Waals surface area contributed by atoms with E-state index in [2.05, 4.69) is 17.2 Å². The maximum Gasteiger partial charge on any atom is 0.340 e. The first-order valence-corrected chi connectivity index (χ1v) is 14.0. The van der Waals surface area contributed by atoms with Crippen molar-refractivity contribution in [2.45, 2.75) is 116 Å². The standard InChI is InChI=1S/C29H51N3O3/c1-3-4-5-6-7-8-9-10-11-12-13-14-15-16-17-18-22-31-29(33)32-25-26-19-20-27(35-23-21-30)28(24-26)34-2/h19-20,22,24H,3-18,21,23,25,30H2,1-2H3,(H,32,33). The summed E-state index contributed by atoms with van der Waals surface area (Å²) >= 11 is 0. The first-order chi connectivity index (χ1) is 17.2. The molecule has 0 aliphatic heterocycles. The van der Waals surface area contributed by atoms with Gasteiger partial charge < -0.3 is 20.5 Å². The molecule has 0 bridgehead atoms. The van der Waals surface area contributed by atoms with Gasteiger partial charge >= 0.3 is 6.03 Å². The van der Waals surface area contributed by atoms with Crippen LogP contribution in [0.5, 0.6) is 11.5 Å². The summed E-state index contributed by atoms with van der Waals surface area (Å²) in [7, 11) is 1.59. The Hall–Kier alpha value is -2.08. The van der Waals surface area contributed by atoms with Crippen molar-refractivity contribution in [2.24, 2.45) is 10.7 Å². The molecule has 0 aliphatic rings. The fraction of sp³-hybridized carbons (Fsp3) is 0.724. The van der Waals surface area contributed by atoms with Crippen LogP contribution in [-0.4, -0.2) is 32.5 Å². The van der Waals surface area contributed by atoms with Gasteiger partial charge in [-0.3, -0.25) is 0 Å². The summed E-state index contributed by atoms with van der Waals surface area (Å²) in [6.45, 7) is 3.54. The number of methoxy groups -OCH3 is 1. The van der Waals surface area contributed by atoms with Crippen LogP contribution in [0.1, 0.15) is 115 Å². The van der Waals surface area contributed by atoms with Crippen LogP contribution in [0.15, 0.2) is 23.2 Å². The van der Waals surface area contributed by atoms with E-state index in [1.807, 2.05) is 18.2 Å². The van der Waals surface area contributed by atoms with E-state index >= 15 is 0 Å². The van der Waals surface area contributed by atoms with Gasteiger partial charge in [0.25, 0.3) is 0 Å². The number of carbonyl (C=O) groups is 1. The summed E-state index contributed by atoms with van der Waals surface area (Å²) in [4.78, 5) is 16.0. The minimum atomic E-state index is -0.312. The first-order valence-electron chi connectivity index (χ1n) is 14.0.